The van der Waals surface area contributed by atoms with E-state index in [1.807, 2.05) is 13.0 Å². The zero-order valence-corrected chi connectivity index (χ0v) is 20.4. The molecule has 0 unspecified atom stereocenters. The summed E-state index contributed by atoms with van der Waals surface area (Å²) in [7, 11) is 0. The van der Waals surface area contributed by atoms with Gasteiger partial charge in [0.2, 0.25) is 0 Å². The zero-order valence-electron chi connectivity index (χ0n) is 20.4. The van der Waals surface area contributed by atoms with E-state index >= 15 is 0 Å². The number of carbonyl (C=O) groups excluding carboxylic acids is 1. The van der Waals surface area contributed by atoms with Gasteiger partial charge >= 0.3 is 0 Å². The van der Waals surface area contributed by atoms with Gasteiger partial charge in [0.15, 0.2) is 0 Å². The number of aryl methyl sites for hydroxylation is 2. The maximum Gasteiger partial charge on any atom is 0.277 e. The third kappa shape index (κ3) is 5.85. The number of amides is 1. The van der Waals surface area contributed by atoms with Gasteiger partial charge in [0.1, 0.15) is 17.5 Å². The monoisotopic (exact) mass is 508 g/mol. The molecule has 37 heavy (non-hydrogen) atoms. The van der Waals surface area contributed by atoms with E-state index in [1.165, 1.54) is 17.0 Å². The van der Waals surface area contributed by atoms with Crippen LogP contribution in [0.4, 0.5) is 21.6 Å². The van der Waals surface area contributed by atoms with Crippen LogP contribution in [0.15, 0.2) is 42.5 Å². The molecular formula is C25H25FN6O5. The number of nitro groups is 2. The molecule has 1 fully saturated rings. The Morgan fingerprint density at radius 2 is 1.68 bits per heavy atom. The molecule has 0 atom stereocenters. The van der Waals surface area contributed by atoms with Gasteiger partial charge in [0.25, 0.3) is 17.3 Å². The Morgan fingerprint density at radius 3 is 2.32 bits per heavy atom. The van der Waals surface area contributed by atoms with Crippen molar-refractivity contribution in [1.29, 1.82) is 0 Å². The number of hydrogen-bond donors (Lipinski definition) is 0. The van der Waals surface area contributed by atoms with Gasteiger partial charge in [-0.05, 0) is 38.0 Å². The Morgan fingerprint density at radius 1 is 0.973 bits per heavy atom. The van der Waals surface area contributed by atoms with Crippen molar-refractivity contribution in [3.63, 3.8) is 0 Å². The number of aromatic nitrogens is 2. The fraction of sp³-hybridized carbons (Fsp3) is 0.320. The summed E-state index contributed by atoms with van der Waals surface area (Å²) in [4.78, 5) is 46.9. The third-order valence-corrected chi connectivity index (χ3v) is 6.23. The fourth-order valence-electron chi connectivity index (χ4n) is 4.48. The van der Waals surface area contributed by atoms with Crippen LogP contribution in [0.5, 0.6) is 0 Å². The minimum absolute atomic E-state index is 0.102. The summed E-state index contributed by atoms with van der Waals surface area (Å²) in [6.45, 7) is 5.35. The minimum Gasteiger partial charge on any atom is -0.354 e. The van der Waals surface area contributed by atoms with Crippen molar-refractivity contribution in [1.82, 2.24) is 14.9 Å². The van der Waals surface area contributed by atoms with E-state index in [0.29, 0.717) is 38.3 Å². The quantitative estimate of drug-likeness (QED) is 0.360. The lowest BCUT2D eigenvalue weighted by Gasteiger charge is -2.26. The predicted molar refractivity (Wildman–Crippen MR) is 133 cm³/mol. The molecule has 0 bridgehead atoms. The molecule has 0 aliphatic carbocycles. The summed E-state index contributed by atoms with van der Waals surface area (Å²) in [6.07, 6.45) is 1.03. The van der Waals surface area contributed by atoms with E-state index in [1.54, 1.807) is 13.0 Å². The molecule has 0 radical (unpaired) electrons. The Balaban J connectivity index is 1.58. The molecule has 0 N–H and O–H groups in total. The number of carbonyl (C=O) groups is 1. The number of hydrogen-bond acceptors (Lipinski definition) is 8. The van der Waals surface area contributed by atoms with Crippen molar-refractivity contribution in [3.05, 3.63) is 96.7 Å². The van der Waals surface area contributed by atoms with E-state index in [2.05, 4.69) is 14.9 Å². The average molecular weight is 509 g/mol. The predicted octanol–water partition coefficient (Wildman–Crippen LogP) is 3.99. The van der Waals surface area contributed by atoms with E-state index in [0.717, 1.165) is 40.8 Å². The van der Waals surface area contributed by atoms with Crippen molar-refractivity contribution in [2.24, 2.45) is 0 Å². The number of rotatable bonds is 6. The molecular weight excluding hydrogens is 483 g/mol. The smallest absolute Gasteiger partial charge is 0.277 e. The second kappa shape index (κ2) is 10.6. The van der Waals surface area contributed by atoms with Crippen LogP contribution in [-0.2, 0) is 6.42 Å². The fourth-order valence-corrected chi connectivity index (χ4v) is 4.48. The van der Waals surface area contributed by atoms with Crippen molar-refractivity contribution >= 4 is 23.1 Å². The second-order valence-corrected chi connectivity index (χ2v) is 8.85. The highest BCUT2D eigenvalue weighted by atomic mass is 19.1. The largest absolute Gasteiger partial charge is 0.354 e. The number of nitrogens with zero attached hydrogens (tertiary/aromatic N) is 6. The first-order valence-corrected chi connectivity index (χ1v) is 11.7. The Hall–Kier alpha value is -4.48. The molecule has 1 amide bonds. The highest BCUT2D eigenvalue weighted by molar-refractivity contribution is 5.95. The summed E-state index contributed by atoms with van der Waals surface area (Å²) >= 11 is 0. The van der Waals surface area contributed by atoms with Gasteiger partial charge in [0.05, 0.1) is 21.5 Å². The average Bonchev–Trinajstić information content (AvgIpc) is 3.11. The maximum absolute atomic E-state index is 13.8. The van der Waals surface area contributed by atoms with Gasteiger partial charge in [-0.3, -0.25) is 25.0 Å². The van der Waals surface area contributed by atoms with Gasteiger partial charge < -0.3 is 9.80 Å². The molecule has 11 nitrogen and oxygen atoms in total. The van der Waals surface area contributed by atoms with Crippen LogP contribution in [0.25, 0.3) is 0 Å². The maximum atomic E-state index is 13.8. The molecule has 4 rings (SSSR count). The van der Waals surface area contributed by atoms with E-state index in [4.69, 9.17) is 0 Å². The first kappa shape index (κ1) is 25.6. The van der Waals surface area contributed by atoms with E-state index < -0.39 is 27.1 Å². The van der Waals surface area contributed by atoms with Crippen LogP contribution < -0.4 is 4.90 Å². The molecule has 1 aromatic heterocycles. The molecule has 12 heteroatoms. The van der Waals surface area contributed by atoms with Gasteiger partial charge in [-0.25, -0.2) is 14.4 Å². The molecule has 2 heterocycles. The Labute approximate surface area is 211 Å². The number of nitro benzene ring substituents is 2. The van der Waals surface area contributed by atoms with Crippen molar-refractivity contribution in [3.8, 4) is 0 Å². The standard InChI is InChI=1S/C25H25FN6O5/c1-16-23(12-18-5-3-6-20(26)11-18)24(28-17(2)27-16)29-7-4-8-30(10-9-29)25(33)19-13-21(31(34)35)15-22(14-19)32(36)37/h3,5-6,11,13-15H,4,7-10,12H2,1-2H3. The van der Waals surface area contributed by atoms with Crippen LogP contribution in [0, 0.1) is 39.9 Å². The molecule has 0 spiro atoms. The molecule has 1 aliphatic rings. The van der Waals surface area contributed by atoms with Crippen LogP contribution in [0.1, 0.15) is 39.4 Å². The lowest BCUT2D eigenvalue weighted by atomic mass is 10.0. The molecule has 1 saturated heterocycles. The first-order valence-electron chi connectivity index (χ1n) is 11.7. The van der Waals surface area contributed by atoms with Gasteiger partial charge in [-0.1, -0.05) is 12.1 Å². The number of anilines is 1. The summed E-state index contributed by atoms with van der Waals surface area (Å²) < 4.78 is 13.8. The summed E-state index contributed by atoms with van der Waals surface area (Å²) in [5.41, 5.74) is 1.31. The lowest BCUT2D eigenvalue weighted by molar-refractivity contribution is -0.394. The minimum atomic E-state index is -0.756. The van der Waals surface area contributed by atoms with Crippen molar-refractivity contribution < 1.29 is 19.0 Å². The highest BCUT2D eigenvalue weighted by Crippen LogP contribution is 2.27. The molecule has 2 aromatic carbocycles. The Kier molecular flexibility index (Phi) is 7.37. The van der Waals surface area contributed by atoms with Crippen LogP contribution in [0.3, 0.4) is 0 Å². The molecule has 3 aromatic rings. The van der Waals surface area contributed by atoms with Crippen molar-refractivity contribution in [2.45, 2.75) is 26.7 Å². The second-order valence-electron chi connectivity index (χ2n) is 8.85. The van der Waals surface area contributed by atoms with Crippen LogP contribution in [-0.4, -0.2) is 56.8 Å². The van der Waals surface area contributed by atoms with Gasteiger partial charge in [-0.2, -0.15) is 0 Å². The Bertz CT molecular complexity index is 1350. The van der Waals surface area contributed by atoms with Gasteiger partial charge in [0, 0.05) is 56.0 Å². The number of benzene rings is 2. The zero-order chi connectivity index (χ0) is 26.7. The third-order valence-electron chi connectivity index (χ3n) is 6.23. The van der Waals surface area contributed by atoms with Crippen LogP contribution in [0.2, 0.25) is 0 Å². The molecule has 0 saturated carbocycles. The van der Waals surface area contributed by atoms with Gasteiger partial charge in [-0.15, -0.1) is 0 Å². The highest BCUT2D eigenvalue weighted by Gasteiger charge is 2.26. The number of halogens is 1. The van der Waals surface area contributed by atoms with E-state index in [-0.39, 0.29) is 17.9 Å². The summed E-state index contributed by atoms with van der Waals surface area (Å²) in [5, 5.41) is 22.5. The van der Waals surface area contributed by atoms with E-state index in [9.17, 15) is 29.4 Å². The summed E-state index contributed by atoms with van der Waals surface area (Å²) in [6, 6.07) is 9.32. The first-order chi connectivity index (χ1) is 17.6. The summed E-state index contributed by atoms with van der Waals surface area (Å²) in [5.74, 6) is 0.477. The lowest BCUT2D eigenvalue weighted by Crippen LogP contribution is -2.36. The topological polar surface area (TPSA) is 136 Å². The molecule has 1 aliphatic heterocycles. The SMILES string of the molecule is Cc1nc(C)c(Cc2cccc(F)c2)c(N2CCCN(C(=O)c3cc([N+](=O)[O-])cc([N+](=O)[O-])c3)CC2)n1. The number of non-ortho nitro benzene ring substituents is 2. The molecule has 192 valence electrons. The van der Waals surface area contributed by atoms with Crippen LogP contribution >= 0.6 is 0 Å². The van der Waals surface area contributed by atoms with Crippen molar-refractivity contribution in [2.75, 3.05) is 31.1 Å². The normalized spacial score (nSPS) is 13.8.